The number of rotatable bonds is 4. The fourth-order valence-corrected chi connectivity index (χ4v) is 2.75. The number of amides is 1. The van der Waals surface area contributed by atoms with E-state index in [1.807, 2.05) is 19.1 Å². The lowest BCUT2D eigenvalue weighted by molar-refractivity contribution is -0.123. The Bertz CT molecular complexity index is 453. The average molecular weight is 275 g/mol. The van der Waals surface area contributed by atoms with Crippen LogP contribution in [0.2, 0.25) is 0 Å². The first-order valence-electron chi connectivity index (χ1n) is 7.39. The minimum atomic E-state index is 0.0516. The average Bonchev–Trinajstić information content (AvgIpc) is 2.41. The van der Waals surface area contributed by atoms with E-state index in [2.05, 4.69) is 29.3 Å². The standard InChI is InChI=1S/C16H25N3O/c1-12-5-3-4-6-15(12)13(2)18-16(20)11-19-9-7-14(17)8-10-19/h3-6,13-14H,7-11,17H2,1-2H3,(H,18,20)/t13-/m0/s1. The normalized spacial score (nSPS) is 18.8. The molecule has 1 saturated heterocycles. The van der Waals surface area contributed by atoms with Gasteiger partial charge in [0.25, 0.3) is 0 Å². The van der Waals surface area contributed by atoms with Gasteiger partial charge in [0.1, 0.15) is 0 Å². The molecule has 4 nitrogen and oxygen atoms in total. The van der Waals surface area contributed by atoms with E-state index in [-0.39, 0.29) is 11.9 Å². The van der Waals surface area contributed by atoms with Crippen LogP contribution in [-0.2, 0) is 4.79 Å². The van der Waals surface area contributed by atoms with Gasteiger partial charge in [-0.1, -0.05) is 24.3 Å². The number of benzene rings is 1. The minimum Gasteiger partial charge on any atom is -0.348 e. The fraction of sp³-hybridized carbons (Fsp3) is 0.562. The first kappa shape index (κ1) is 15.0. The molecule has 1 aliphatic heterocycles. The highest BCUT2D eigenvalue weighted by molar-refractivity contribution is 5.78. The van der Waals surface area contributed by atoms with Gasteiger partial charge in [-0.2, -0.15) is 0 Å². The molecule has 3 N–H and O–H groups in total. The van der Waals surface area contributed by atoms with Crippen molar-refractivity contribution in [2.75, 3.05) is 19.6 Å². The Morgan fingerprint density at radius 1 is 1.40 bits per heavy atom. The van der Waals surface area contributed by atoms with Gasteiger partial charge in [-0.15, -0.1) is 0 Å². The first-order chi connectivity index (χ1) is 9.56. The van der Waals surface area contributed by atoms with Gasteiger partial charge in [-0.05, 0) is 37.8 Å². The smallest absolute Gasteiger partial charge is 0.234 e. The van der Waals surface area contributed by atoms with Crippen LogP contribution in [-0.4, -0.2) is 36.5 Å². The van der Waals surface area contributed by atoms with Crippen LogP contribution >= 0.6 is 0 Å². The number of likely N-dealkylation sites (tertiary alicyclic amines) is 1. The summed E-state index contributed by atoms with van der Waals surface area (Å²) in [4.78, 5) is 14.3. The minimum absolute atomic E-state index is 0.0516. The molecule has 0 aromatic heterocycles. The zero-order valence-corrected chi connectivity index (χ0v) is 12.4. The Kier molecular flexibility index (Phi) is 5.15. The molecule has 1 amide bonds. The van der Waals surface area contributed by atoms with Crippen molar-refractivity contribution < 1.29 is 4.79 Å². The lowest BCUT2D eigenvalue weighted by Gasteiger charge is -2.29. The monoisotopic (exact) mass is 275 g/mol. The molecule has 110 valence electrons. The van der Waals surface area contributed by atoms with E-state index in [4.69, 9.17) is 5.73 Å². The topological polar surface area (TPSA) is 58.4 Å². The van der Waals surface area contributed by atoms with Gasteiger partial charge in [-0.25, -0.2) is 0 Å². The van der Waals surface area contributed by atoms with Crippen LogP contribution in [0.15, 0.2) is 24.3 Å². The predicted octanol–water partition coefficient (Wildman–Crippen LogP) is 1.60. The zero-order chi connectivity index (χ0) is 14.5. The maximum Gasteiger partial charge on any atom is 0.234 e. The van der Waals surface area contributed by atoms with Crippen molar-refractivity contribution in [3.8, 4) is 0 Å². The molecule has 1 aromatic rings. The molecular formula is C16H25N3O. The fourth-order valence-electron chi connectivity index (χ4n) is 2.75. The molecule has 0 saturated carbocycles. The molecule has 1 heterocycles. The van der Waals surface area contributed by atoms with Crippen LogP contribution in [0.3, 0.4) is 0 Å². The number of nitrogens with two attached hydrogens (primary N) is 1. The van der Waals surface area contributed by atoms with Crippen LogP contribution in [0.5, 0.6) is 0 Å². The van der Waals surface area contributed by atoms with Crippen LogP contribution in [0, 0.1) is 6.92 Å². The van der Waals surface area contributed by atoms with Gasteiger partial charge < -0.3 is 11.1 Å². The van der Waals surface area contributed by atoms with E-state index in [1.54, 1.807) is 0 Å². The van der Waals surface area contributed by atoms with Gasteiger partial charge in [0.05, 0.1) is 12.6 Å². The summed E-state index contributed by atoms with van der Waals surface area (Å²) in [6.07, 6.45) is 1.97. The van der Waals surface area contributed by atoms with Gasteiger partial charge in [0.15, 0.2) is 0 Å². The third kappa shape index (κ3) is 4.05. The van der Waals surface area contributed by atoms with E-state index >= 15 is 0 Å². The van der Waals surface area contributed by atoms with E-state index in [9.17, 15) is 4.79 Å². The summed E-state index contributed by atoms with van der Waals surface area (Å²) in [5.74, 6) is 0.0937. The van der Waals surface area contributed by atoms with Crippen molar-refractivity contribution in [2.24, 2.45) is 5.73 Å². The number of nitrogens with one attached hydrogen (secondary N) is 1. The van der Waals surface area contributed by atoms with Gasteiger partial charge in [0, 0.05) is 19.1 Å². The third-order valence-electron chi connectivity index (χ3n) is 4.03. The van der Waals surface area contributed by atoms with E-state index in [1.165, 1.54) is 11.1 Å². The quantitative estimate of drug-likeness (QED) is 0.877. The molecule has 4 heteroatoms. The lowest BCUT2D eigenvalue weighted by atomic mass is 10.0. The van der Waals surface area contributed by atoms with Crippen molar-refractivity contribution in [1.82, 2.24) is 10.2 Å². The molecule has 2 rings (SSSR count). The van der Waals surface area contributed by atoms with E-state index < -0.39 is 0 Å². The molecule has 0 aliphatic carbocycles. The second-order valence-corrected chi connectivity index (χ2v) is 5.76. The van der Waals surface area contributed by atoms with Crippen LogP contribution in [0.25, 0.3) is 0 Å². The van der Waals surface area contributed by atoms with E-state index in [0.717, 1.165) is 25.9 Å². The number of piperidine rings is 1. The van der Waals surface area contributed by atoms with Crippen molar-refractivity contribution in [1.29, 1.82) is 0 Å². The molecular weight excluding hydrogens is 250 g/mol. The van der Waals surface area contributed by atoms with Crippen LogP contribution < -0.4 is 11.1 Å². The summed E-state index contributed by atoms with van der Waals surface area (Å²) in [6, 6.07) is 8.53. The van der Waals surface area contributed by atoms with Gasteiger partial charge in [-0.3, -0.25) is 9.69 Å². The molecule has 0 bridgehead atoms. The third-order valence-corrected chi connectivity index (χ3v) is 4.03. The molecule has 0 unspecified atom stereocenters. The predicted molar refractivity (Wildman–Crippen MR) is 81.4 cm³/mol. The first-order valence-corrected chi connectivity index (χ1v) is 7.39. The van der Waals surface area contributed by atoms with Crippen molar-refractivity contribution in [3.05, 3.63) is 35.4 Å². The summed E-state index contributed by atoms with van der Waals surface area (Å²) in [5, 5.41) is 3.08. The molecule has 1 aliphatic rings. The second-order valence-electron chi connectivity index (χ2n) is 5.76. The van der Waals surface area contributed by atoms with Crippen LogP contribution in [0.4, 0.5) is 0 Å². The maximum atomic E-state index is 12.1. The molecule has 20 heavy (non-hydrogen) atoms. The number of carbonyl (C=O) groups is 1. The molecule has 0 spiro atoms. The zero-order valence-electron chi connectivity index (χ0n) is 12.4. The molecule has 1 atom stereocenters. The summed E-state index contributed by atoms with van der Waals surface area (Å²) in [6.45, 7) is 6.43. The highest BCUT2D eigenvalue weighted by atomic mass is 16.2. The summed E-state index contributed by atoms with van der Waals surface area (Å²) >= 11 is 0. The Labute approximate surface area is 121 Å². The number of hydrogen-bond acceptors (Lipinski definition) is 3. The Balaban J connectivity index is 1.84. The summed E-state index contributed by atoms with van der Waals surface area (Å²) in [5.41, 5.74) is 8.27. The highest BCUT2D eigenvalue weighted by Gasteiger charge is 2.19. The number of aryl methyl sites for hydroxylation is 1. The van der Waals surface area contributed by atoms with Crippen molar-refractivity contribution in [2.45, 2.75) is 38.8 Å². The number of hydrogen-bond donors (Lipinski definition) is 2. The highest BCUT2D eigenvalue weighted by Crippen LogP contribution is 2.16. The number of carbonyl (C=O) groups excluding carboxylic acids is 1. The molecule has 1 aromatic carbocycles. The van der Waals surface area contributed by atoms with Crippen molar-refractivity contribution in [3.63, 3.8) is 0 Å². The molecule has 1 fully saturated rings. The number of nitrogens with zero attached hydrogens (tertiary/aromatic N) is 1. The van der Waals surface area contributed by atoms with Crippen LogP contribution in [0.1, 0.15) is 36.9 Å². The van der Waals surface area contributed by atoms with Crippen molar-refractivity contribution >= 4 is 5.91 Å². The Hall–Kier alpha value is -1.39. The molecule has 0 radical (unpaired) electrons. The lowest BCUT2D eigenvalue weighted by Crippen LogP contribution is -2.44. The second kappa shape index (κ2) is 6.86. The maximum absolute atomic E-state index is 12.1. The summed E-state index contributed by atoms with van der Waals surface area (Å²) in [7, 11) is 0. The van der Waals surface area contributed by atoms with Gasteiger partial charge >= 0.3 is 0 Å². The summed E-state index contributed by atoms with van der Waals surface area (Å²) < 4.78 is 0. The Morgan fingerprint density at radius 2 is 2.05 bits per heavy atom. The Morgan fingerprint density at radius 3 is 2.70 bits per heavy atom. The largest absolute Gasteiger partial charge is 0.348 e. The van der Waals surface area contributed by atoms with Gasteiger partial charge in [0.2, 0.25) is 5.91 Å². The van der Waals surface area contributed by atoms with E-state index in [0.29, 0.717) is 12.6 Å². The SMILES string of the molecule is Cc1ccccc1[C@H](C)NC(=O)CN1CCC(N)CC1.